The van der Waals surface area contributed by atoms with E-state index >= 15 is 0 Å². The van der Waals surface area contributed by atoms with Crippen molar-refractivity contribution in [1.82, 2.24) is 15.1 Å². The Labute approximate surface area is 128 Å². The second-order valence-electron chi connectivity index (χ2n) is 6.10. The van der Waals surface area contributed by atoms with Gasteiger partial charge >= 0.3 is 0 Å². The molecule has 0 saturated heterocycles. The molecule has 1 unspecified atom stereocenters. The Kier molecular flexibility index (Phi) is 5.18. The van der Waals surface area contributed by atoms with E-state index in [0.29, 0.717) is 5.92 Å². The van der Waals surface area contributed by atoms with E-state index in [2.05, 4.69) is 62.0 Å². The number of hydrogen-bond donors (Lipinski definition) is 1. The Balaban J connectivity index is 2.21. The first-order valence-corrected chi connectivity index (χ1v) is 7.75. The van der Waals surface area contributed by atoms with Crippen molar-refractivity contribution in [2.75, 3.05) is 13.6 Å². The van der Waals surface area contributed by atoms with E-state index in [1.807, 2.05) is 7.05 Å². The van der Waals surface area contributed by atoms with E-state index in [0.717, 1.165) is 19.5 Å². The van der Waals surface area contributed by atoms with E-state index in [1.54, 1.807) is 0 Å². The Hall–Kier alpha value is -1.61. The molecule has 1 aromatic carbocycles. The van der Waals surface area contributed by atoms with Crippen LogP contribution >= 0.6 is 0 Å². The van der Waals surface area contributed by atoms with Crippen LogP contribution in [0.5, 0.6) is 0 Å². The maximum atomic E-state index is 4.76. The van der Waals surface area contributed by atoms with Crippen LogP contribution in [0, 0.1) is 26.7 Å². The van der Waals surface area contributed by atoms with Crippen LogP contribution in [-0.2, 0) is 13.0 Å². The zero-order valence-electron chi connectivity index (χ0n) is 13.9. The maximum Gasteiger partial charge on any atom is 0.0665 e. The molecule has 0 aliphatic carbocycles. The van der Waals surface area contributed by atoms with Crippen LogP contribution < -0.4 is 5.32 Å². The second-order valence-corrected chi connectivity index (χ2v) is 6.10. The number of aryl methyl sites for hydroxylation is 2. The van der Waals surface area contributed by atoms with E-state index in [-0.39, 0.29) is 0 Å². The van der Waals surface area contributed by atoms with Gasteiger partial charge in [-0.1, -0.05) is 31.2 Å². The molecule has 2 aromatic rings. The van der Waals surface area contributed by atoms with Crippen molar-refractivity contribution in [2.45, 2.75) is 40.7 Å². The number of aromatic nitrogens is 2. The van der Waals surface area contributed by atoms with Crippen molar-refractivity contribution in [3.63, 3.8) is 0 Å². The van der Waals surface area contributed by atoms with Crippen molar-refractivity contribution in [1.29, 1.82) is 0 Å². The van der Waals surface area contributed by atoms with Gasteiger partial charge in [-0.05, 0) is 63.4 Å². The first-order chi connectivity index (χ1) is 10.0. The van der Waals surface area contributed by atoms with E-state index < -0.39 is 0 Å². The van der Waals surface area contributed by atoms with Gasteiger partial charge in [0, 0.05) is 5.69 Å². The first-order valence-electron chi connectivity index (χ1n) is 7.75. The number of nitrogens with zero attached hydrogens (tertiary/aromatic N) is 2. The van der Waals surface area contributed by atoms with Gasteiger partial charge in [0.1, 0.15) is 0 Å². The van der Waals surface area contributed by atoms with Crippen LogP contribution in [0.2, 0.25) is 0 Å². The lowest BCUT2D eigenvalue weighted by Gasteiger charge is -2.12. The van der Waals surface area contributed by atoms with Gasteiger partial charge in [-0.15, -0.1) is 0 Å². The predicted molar refractivity (Wildman–Crippen MR) is 88.8 cm³/mol. The number of rotatable bonds is 6. The van der Waals surface area contributed by atoms with E-state index in [1.165, 1.54) is 28.1 Å². The fourth-order valence-corrected chi connectivity index (χ4v) is 2.90. The highest BCUT2D eigenvalue weighted by molar-refractivity contribution is 5.29. The average molecular weight is 285 g/mol. The third kappa shape index (κ3) is 3.73. The molecule has 114 valence electrons. The van der Waals surface area contributed by atoms with Crippen LogP contribution in [0.1, 0.15) is 35.0 Å². The summed E-state index contributed by atoms with van der Waals surface area (Å²) in [4.78, 5) is 0. The van der Waals surface area contributed by atoms with Crippen LogP contribution in [0.3, 0.4) is 0 Å². The largest absolute Gasteiger partial charge is 0.319 e. The highest BCUT2D eigenvalue weighted by Gasteiger charge is 2.14. The van der Waals surface area contributed by atoms with Gasteiger partial charge in [0.2, 0.25) is 0 Å². The van der Waals surface area contributed by atoms with Crippen molar-refractivity contribution in [3.8, 4) is 0 Å². The number of benzene rings is 1. The van der Waals surface area contributed by atoms with Crippen LogP contribution in [0.25, 0.3) is 0 Å². The van der Waals surface area contributed by atoms with Crippen molar-refractivity contribution < 1.29 is 0 Å². The predicted octanol–water partition coefficient (Wildman–Crippen LogP) is 3.25. The van der Waals surface area contributed by atoms with Crippen molar-refractivity contribution in [2.24, 2.45) is 5.92 Å². The lowest BCUT2D eigenvalue weighted by molar-refractivity contribution is 0.538. The molecule has 1 heterocycles. The van der Waals surface area contributed by atoms with Gasteiger partial charge in [0.25, 0.3) is 0 Å². The maximum absolute atomic E-state index is 4.76. The molecule has 0 aliphatic rings. The van der Waals surface area contributed by atoms with Crippen LogP contribution in [0.4, 0.5) is 0 Å². The van der Waals surface area contributed by atoms with Gasteiger partial charge in [-0.25, -0.2) is 0 Å². The van der Waals surface area contributed by atoms with Crippen molar-refractivity contribution >= 4 is 0 Å². The summed E-state index contributed by atoms with van der Waals surface area (Å²) in [6, 6.07) is 8.54. The lowest BCUT2D eigenvalue weighted by Crippen LogP contribution is -2.18. The fraction of sp³-hybridized carbons (Fsp3) is 0.500. The minimum Gasteiger partial charge on any atom is -0.319 e. The molecule has 0 aliphatic heterocycles. The molecule has 0 radical (unpaired) electrons. The molecule has 1 N–H and O–H groups in total. The summed E-state index contributed by atoms with van der Waals surface area (Å²) in [5.41, 5.74) is 6.56. The SMILES string of the molecule is CNCC(C)Cc1c(C)nn(Cc2ccccc2C)c1C. The molecule has 1 atom stereocenters. The summed E-state index contributed by atoms with van der Waals surface area (Å²) in [5, 5.41) is 8.01. The third-order valence-corrected chi connectivity index (χ3v) is 4.22. The Morgan fingerprint density at radius 1 is 1.19 bits per heavy atom. The lowest BCUT2D eigenvalue weighted by atomic mass is 9.99. The first kappa shape index (κ1) is 15.8. The standard InChI is InChI=1S/C18H27N3/c1-13(11-19-5)10-18-15(3)20-21(16(18)4)12-17-9-7-6-8-14(17)2/h6-9,13,19H,10-12H2,1-5H3. The molecule has 0 fully saturated rings. The monoisotopic (exact) mass is 285 g/mol. The summed E-state index contributed by atoms with van der Waals surface area (Å²) < 4.78 is 2.15. The van der Waals surface area contributed by atoms with Gasteiger partial charge < -0.3 is 5.32 Å². The second kappa shape index (κ2) is 6.90. The van der Waals surface area contributed by atoms with Gasteiger partial charge in [-0.3, -0.25) is 4.68 Å². The van der Waals surface area contributed by atoms with E-state index in [4.69, 9.17) is 5.10 Å². The highest BCUT2D eigenvalue weighted by Crippen LogP contribution is 2.19. The molecule has 3 heteroatoms. The molecule has 3 nitrogen and oxygen atoms in total. The minimum atomic E-state index is 0.628. The highest BCUT2D eigenvalue weighted by atomic mass is 15.3. The molecule has 0 amide bonds. The molecule has 1 aromatic heterocycles. The summed E-state index contributed by atoms with van der Waals surface area (Å²) in [7, 11) is 2.01. The summed E-state index contributed by atoms with van der Waals surface area (Å²) in [6.45, 7) is 10.7. The Morgan fingerprint density at radius 3 is 2.57 bits per heavy atom. The normalized spacial score (nSPS) is 12.6. The fourth-order valence-electron chi connectivity index (χ4n) is 2.90. The van der Waals surface area contributed by atoms with Crippen molar-refractivity contribution in [3.05, 3.63) is 52.3 Å². The van der Waals surface area contributed by atoms with Crippen LogP contribution in [0.15, 0.2) is 24.3 Å². The molecule has 0 saturated carbocycles. The minimum absolute atomic E-state index is 0.628. The Morgan fingerprint density at radius 2 is 1.90 bits per heavy atom. The molecular formula is C18H27N3. The molecular weight excluding hydrogens is 258 g/mol. The third-order valence-electron chi connectivity index (χ3n) is 4.22. The molecule has 0 spiro atoms. The average Bonchev–Trinajstić information content (AvgIpc) is 2.69. The quantitative estimate of drug-likeness (QED) is 0.883. The zero-order chi connectivity index (χ0) is 15.4. The Bertz CT molecular complexity index is 599. The number of nitrogens with one attached hydrogen (secondary N) is 1. The van der Waals surface area contributed by atoms with Gasteiger partial charge in [-0.2, -0.15) is 5.10 Å². The summed E-state index contributed by atoms with van der Waals surface area (Å²) in [6.07, 6.45) is 1.09. The number of hydrogen-bond acceptors (Lipinski definition) is 2. The van der Waals surface area contributed by atoms with Gasteiger partial charge in [0.05, 0.1) is 12.2 Å². The summed E-state index contributed by atoms with van der Waals surface area (Å²) >= 11 is 0. The topological polar surface area (TPSA) is 29.9 Å². The smallest absolute Gasteiger partial charge is 0.0665 e. The summed E-state index contributed by atoms with van der Waals surface area (Å²) in [5.74, 6) is 0.628. The molecule has 21 heavy (non-hydrogen) atoms. The molecule has 2 rings (SSSR count). The molecule has 0 bridgehead atoms. The van der Waals surface area contributed by atoms with Gasteiger partial charge in [0.15, 0.2) is 0 Å². The van der Waals surface area contributed by atoms with Crippen LogP contribution in [-0.4, -0.2) is 23.4 Å². The van der Waals surface area contributed by atoms with E-state index in [9.17, 15) is 0 Å². The zero-order valence-corrected chi connectivity index (χ0v) is 13.9.